The molecular formula is C26H26N4OS. The van der Waals surface area contributed by atoms with Crippen LogP contribution in [0.15, 0.2) is 72.1 Å². The number of carbonyl (C=O) groups is 1. The van der Waals surface area contributed by atoms with Gasteiger partial charge in [-0.3, -0.25) is 4.79 Å². The monoisotopic (exact) mass is 442 g/mol. The number of nitrogens with zero attached hydrogens (tertiary/aromatic N) is 3. The molecule has 0 bridgehead atoms. The quantitative estimate of drug-likeness (QED) is 0.452. The number of amides is 1. The van der Waals surface area contributed by atoms with Crippen LogP contribution in [0.4, 0.5) is 11.4 Å². The van der Waals surface area contributed by atoms with Crippen molar-refractivity contribution >= 4 is 39.4 Å². The third kappa shape index (κ3) is 4.24. The molecule has 1 atom stereocenters. The van der Waals surface area contributed by atoms with Crippen LogP contribution in [0.1, 0.15) is 16.9 Å². The minimum atomic E-state index is -0.185. The highest BCUT2D eigenvalue weighted by Gasteiger charge is 2.24. The van der Waals surface area contributed by atoms with Gasteiger partial charge in [0.15, 0.2) is 0 Å². The first-order chi connectivity index (χ1) is 15.6. The van der Waals surface area contributed by atoms with Crippen molar-refractivity contribution < 1.29 is 4.79 Å². The van der Waals surface area contributed by atoms with Crippen LogP contribution in [-0.4, -0.2) is 49.0 Å². The molecule has 32 heavy (non-hydrogen) atoms. The zero-order valence-corrected chi connectivity index (χ0v) is 19.1. The predicted molar refractivity (Wildman–Crippen MR) is 134 cm³/mol. The lowest BCUT2D eigenvalue weighted by atomic mass is 10.1. The standard InChI is InChI=1S/C26H26N4OS/c1-29(2)23-13-14-30(16-23)22-11-9-21(10-12-22)27-25(31)24-17-32-26(28-24)20-8-7-18-5-3-4-6-19(18)15-20/h3-12,15,17,23H,13-14,16H2,1-2H3,(H,27,31). The van der Waals surface area contributed by atoms with E-state index < -0.39 is 0 Å². The van der Waals surface area contributed by atoms with Crippen LogP contribution in [0, 0.1) is 0 Å². The lowest BCUT2D eigenvalue weighted by Crippen LogP contribution is -2.31. The zero-order chi connectivity index (χ0) is 22.1. The molecule has 5 rings (SSSR count). The first-order valence-electron chi connectivity index (χ1n) is 10.8. The van der Waals surface area contributed by atoms with E-state index in [-0.39, 0.29) is 5.91 Å². The molecule has 1 unspecified atom stereocenters. The third-order valence-corrected chi connectivity index (χ3v) is 7.01. The summed E-state index contributed by atoms with van der Waals surface area (Å²) in [7, 11) is 4.27. The molecule has 0 radical (unpaired) electrons. The average Bonchev–Trinajstić information content (AvgIpc) is 3.50. The zero-order valence-electron chi connectivity index (χ0n) is 18.3. The fourth-order valence-electron chi connectivity index (χ4n) is 4.18. The minimum Gasteiger partial charge on any atom is -0.370 e. The van der Waals surface area contributed by atoms with Gasteiger partial charge in [0.2, 0.25) is 0 Å². The number of thiazole rings is 1. The average molecular weight is 443 g/mol. The first kappa shape index (κ1) is 20.7. The molecule has 1 aromatic heterocycles. The first-order valence-corrected chi connectivity index (χ1v) is 11.7. The second kappa shape index (κ2) is 8.73. The summed E-state index contributed by atoms with van der Waals surface area (Å²) in [5, 5.41) is 8.01. The van der Waals surface area contributed by atoms with E-state index in [0.717, 1.165) is 29.3 Å². The number of rotatable bonds is 5. The maximum atomic E-state index is 12.7. The number of fused-ring (bicyclic) bond motifs is 1. The Morgan fingerprint density at radius 1 is 1.06 bits per heavy atom. The Kier molecular flexibility index (Phi) is 5.64. The molecule has 162 valence electrons. The normalized spacial score (nSPS) is 16.1. The number of hydrogen-bond donors (Lipinski definition) is 1. The Bertz CT molecular complexity index is 1250. The number of nitrogens with one attached hydrogen (secondary N) is 1. The summed E-state index contributed by atoms with van der Waals surface area (Å²) in [6, 6.07) is 23.2. The lowest BCUT2D eigenvalue weighted by molar-refractivity contribution is 0.102. The number of aromatic nitrogens is 1. The third-order valence-electron chi connectivity index (χ3n) is 6.12. The highest BCUT2D eigenvalue weighted by Crippen LogP contribution is 2.28. The second-order valence-corrected chi connectivity index (χ2v) is 9.31. The summed E-state index contributed by atoms with van der Waals surface area (Å²) in [5.41, 5.74) is 3.44. The fourth-order valence-corrected chi connectivity index (χ4v) is 4.98. The topological polar surface area (TPSA) is 48.5 Å². The summed E-state index contributed by atoms with van der Waals surface area (Å²) in [5.74, 6) is -0.185. The molecule has 1 fully saturated rings. The molecule has 1 aliphatic heterocycles. The van der Waals surface area contributed by atoms with E-state index in [0.29, 0.717) is 11.7 Å². The van der Waals surface area contributed by atoms with Gasteiger partial charge in [0, 0.05) is 41.4 Å². The SMILES string of the molecule is CN(C)C1CCN(c2ccc(NC(=O)c3csc(-c4ccc5ccccc5c4)n3)cc2)C1. The van der Waals surface area contributed by atoms with Crippen molar-refractivity contribution in [2.75, 3.05) is 37.4 Å². The number of hydrogen-bond acceptors (Lipinski definition) is 5. The van der Waals surface area contributed by atoms with Crippen molar-refractivity contribution in [1.29, 1.82) is 0 Å². The highest BCUT2D eigenvalue weighted by molar-refractivity contribution is 7.13. The van der Waals surface area contributed by atoms with Gasteiger partial charge in [0.25, 0.3) is 5.91 Å². The van der Waals surface area contributed by atoms with Gasteiger partial charge in [-0.15, -0.1) is 11.3 Å². The molecule has 0 aliphatic carbocycles. The highest BCUT2D eigenvalue weighted by atomic mass is 32.1. The Morgan fingerprint density at radius 2 is 1.84 bits per heavy atom. The minimum absolute atomic E-state index is 0.185. The van der Waals surface area contributed by atoms with Gasteiger partial charge in [0.05, 0.1) is 0 Å². The van der Waals surface area contributed by atoms with E-state index in [4.69, 9.17) is 0 Å². The van der Waals surface area contributed by atoms with E-state index in [1.165, 1.54) is 34.2 Å². The van der Waals surface area contributed by atoms with Crippen molar-refractivity contribution in [2.24, 2.45) is 0 Å². The summed E-state index contributed by atoms with van der Waals surface area (Å²) >= 11 is 1.49. The summed E-state index contributed by atoms with van der Waals surface area (Å²) in [6.45, 7) is 2.10. The number of anilines is 2. The van der Waals surface area contributed by atoms with E-state index in [1.807, 2.05) is 29.6 Å². The number of benzene rings is 3. The Morgan fingerprint density at radius 3 is 2.59 bits per heavy atom. The molecule has 4 aromatic rings. The molecular weight excluding hydrogens is 416 g/mol. The van der Waals surface area contributed by atoms with Gasteiger partial charge >= 0.3 is 0 Å². The van der Waals surface area contributed by atoms with Crippen molar-refractivity contribution in [3.05, 3.63) is 77.8 Å². The van der Waals surface area contributed by atoms with E-state index in [9.17, 15) is 4.79 Å². The molecule has 5 nitrogen and oxygen atoms in total. The molecule has 1 aliphatic rings. The van der Waals surface area contributed by atoms with Crippen LogP contribution in [0.2, 0.25) is 0 Å². The summed E-state index contributed by atoms with van der Waals surface area (Å²) < 4.78 is 0. The van der Waals surface area contributed by atoms with Crippen molar-refractivity contribution in [3.8, 4) is 10.6 Å². The number of carbonyl (C=O) groups excluding carboxylic acids is 1. The Hall–Kier alpha value is -3.22. The Balaban J connectivity index is 1.26. The molecule has 3 aromatic carbocycles. The van der Waals surface area contributed by atoms with E-state index in [2.05, 4.69) is 76.7 Å². The van der Waals surface area contributed by atoms with Crippen molar-refractivity contribution in [3.63, 3.8) is 0 Å². The largest absolute Gasteiger partial charge is 0.370 e. The van der Waals surface area contributed by atoms with Crippen molar-refractivity contribution in [2.45, 2.75) is 12.5 Å². The van der Waals surface area contributed by atoms with Gasteiger partial charge in [-0.2, -0.15) is 0 Å². The summed E-state index contributed by atoms with van der Waals surface area (Å²) in [4.78, 5) is 22.0. The van der Waals surface area contributed by atoms with E-state index in [1.54, 1.807) is 0 Å². The van der Waals surface area contributed by atoms with Gasteiger partial charge < -0.3 is 15.1 Å². The number of likely N-dealkylation sites (N-methyl/N-ethyl adjacent to an activating group) is 1. The van der Waals surface area contributed by atoms with E-state index >= 15 is 0 Å². The van der Waals surface area contributed by atoms with Gasteiger partial charge in [-0.25, -0.2) is 4.98 Å². The smallest absolute Gasteiger partial charge is 0.275 e. The lowest BCUT2D eigenvalue weighted by Gasteiger charge is -2.22. The molecule has 1 N–H and O–H groups in total. The molecule has 1 saturated heterocycles. The van der Waals surface area contributed by atoms with Crippen LogP contribution in [0.25, 0.3) is 21.3 Å². The van der Waals surface area contributed by atoms with Crippen LogP contribution in [-0.2, 0) is 0 Å². The van der Waals surface area contributed by atoms with Crippen LogP contribution in [0.5, 0.6) is 0 Å². The fraction of sp³-hybridized carbons (Fsp3) is 0.231. The van der Waals surface area contributed by atoms with Crippen LogP contribution < -0.4 is 10.2 Å². The van der Waals surface area contributed by atoms with Crippen molar-refractivity contribution in [1.82, 2.24) is 9.88 Å². The van der Waals surface area contributed by atoms with Crippen LogP contribution in [0.3, 0.4) is 0 Å². The Labute approximate surface area is 192 Å². The molecule has 1 amide bonds. The summed E-state index contributed by atoms with van der Waals surface area (Å²) in [6.07, 6.45) is 1.18. The predicted octanol–water partition coefficient (Wildman–Crippen LogP) is 5.36. The van der Waals surface area contributed by atoms with Gasteiger partial charge in [-0.05, 0) is 61.6 Å². The maximum Gasteiger partial charge on any atom is 0.275 e. The second-order valence-electron chi connectivity index (χ2n) is 8.45. The van der Waals surface area contributed by atoms with Gasteiger partial charge in [0.1, 0.15) is 10.7 Å². The molecule has 0 spiro atoms. The van der Waals surface area contributed by atoms with Crippen LogP contribution >= 0.6 is 11.3 Å². The van der Waals surface area contributed by atoms with Gasteiger partial charge in [-0.1, -0.05) is 36.4 Å². The molecule has 2 heterocycles. The molecule has 0 saturated carbocycles. The molecule has 6 heteroatoms. The maximum absolute atomic E-state index is 12.7.